The van der Waals surface area contributed by atoms with E-state index in [1.54, 1.807) is 0 Å². The van der Waals surface area contributed by atoms with E-state index >= 15 is 0 Å². The van der Waals surface area contributed by atoms with E-state index in [1.807, 2.05) is 6.92 Å². The van der Waals surface area contributed by atoms with Gasteiger partial charge in [-0.05, 0) is 27.2 Å². The fourth-order valence-electron chi connectivity index (χ4n) is 2.93. The molecule has 0 aliphatic carbocycles. The molecule has 0 bridgehead atoms. The average molecular weight is 256 g/mol. The highest BCUT2D eigenvalue weighted by Gasteiger charge is 2.44. The van der Waals surface area contributed by atoms with E-state index in [1.165, 1.54) is 13.0 Å². The standard InChI is InChI=1S/C13H24N2O3/c1-10(2)14-5-4-11(6-14)15-8-13(3,9-15)18-7-12(16)17/h10-11H,4-9H2,1-3H3,(H,16,17). The maximum absolute atomic E-state index is 10.5. The lowest BCUT2D eigenvalue weighted by Gasteiger charge is -2.50. The second kappa shape index (κ2) is 5.15. The van der Waals surface area contributed by atoms with E-state index in [0.29, 0.717) is 12.1 Å². The minimum atomic E-state index is -0.887. The van der Waals surface area contributed by atoms with Crippen molar-refractivity contribution >= 4 is 5.97 Å². The van der Waals surface area contributed by atoms with Gasteiger partial charge in [-0.1, -0.05) is 0 Å². The van der Waals surface area contributed by atoms with Gasteiger partial charge in [0.1, 0.15) is 6.61 Å². The van der Waals surface area contributed by atoms with E-state index in [0.717, 1.165) is 19.6 Å². The van der Waals surface area contributed by atoms with Crippen LogP contribution in [0.25, 0.3) is 0 Å². The Morgan fingerprint density at radius 3 is 2.67 bits per heavy atom. The van der Waals surface area contributed by atoms with Gasteiger partial charge in [0.15, 0.2) is 0 Å². The summed E-state index contributed by atoms with van der Waals surface area (Å²) in [5, 5.41) is 8.62. The van der Waals surface area contributed by atoms with Crippen LogP contribution in [0.3, 0.4) is 0 Å². The predicted octanol–water partition coefficient (Wildman–Crippen LogP) is 0.645. The molecule has 1 unspecified atom stereocenters. The first-order valence-corrected chi connectivity index (χ1v) is 6.73. The fourth-order valence-corrected chi connectivity index (χ4v) is 2.93. The lowest BCUT2D eigenvalue weighted by molar-refractivity contribution is -0.169. The minimum Gasteiger partial charge on any atom is -0.480 e. The van der Waals surface area contributed by atoms with Gasteiger partial charge < -0.3 is 9.84 Å². The lowest BCUT2D eigenvalue weighted by atomic mass is 9.93. The van der Waals surface area contributed by atoms with Gasteiger partial charge >= 0.3 is 5.97 Å². The number of carbonyl (C=O) groups is 1. The molecule has 0 aromatic heterocycles. The van der Waals surface area contributed by atoms with Gasteiger partial charge in [0.2, 0.25) is 0 Å². The summed E-state index contributed by atoms with van der Waals surface area (Å²) in [6.07, 6.45) is 1.22. The van der Waals surface area contributed by atoms with Crippen molar-refractivity contribution in [2.45, 2.75) is 44.9 Å². The largest absolute Gasteiger partial charge is 0.480 e. The molecule has 2 aliphatic heterocycles. The molecule has 2 aliphatic rings. The molecule has 0 saturated carbocycles. The third kappa shape index (κ3) is 3.02. The normalized spacial score (nSPS) is 28.6. The topological polar surface area (TPSA) is 53.0 Å². The number of likely N-dealkylation sites (tertiary alicyclic amines) is 2. The molecule has 5 heteroatoms. The predicted molar refractivity (Wildman–Crippen MR) is 68.7 cm³/mol. The molecule has 0 spiro atoms. The Morgan fingerprint density at radius 1 is 1.50 bits per heavy atom. The van der Waals surface area contributed by atoms with Crippen molar-refractivity contribution in [2.24, 2.45) is 0 Å². The Morgan fingerprint density at radius 2 is 2.17 bits per heavy atom. The highest BCUT2D eigenvalue weighted by Crippen LogP contribution is 2.30. The number of hydrogen-bond acceptors (Lipinski definition) is 4. The molecule has 0 aromatic carbocycles. The van der Waals surface area contributed by atoms with E-state index < -0.39 is 5.97 Å². The van der Waals surface area contributed by atoms with Crippen molar-refractivity contribution in [3.8, 4) is 0 Å². The molecule has 0 radical (unpaired) electrons. The molecular formula is C13H24N2O3. The number of hydrogen-bond donors (Lipinski definition) is 1. The summed E-state index contributed by atoms with van der Waals surface area (Å²) in [6, 6.07) is 1.24. The first-order valence-electron chi connectivity index (χ1n) is 6.73. The number of ether oxygens (including phenoxy) is 1. The van der Waals surface area contributed by atoms with Crippen molar-refractivity contribution in [1.82, 2.24) is 9.80 Å². The smallest absolute Gasteiger partial charge is 0.329 e. The van der Waals surface area contributed by atoms with E-state index in [2.05, 4.69) is 23.6 Å². The van der Waals surface area contributed by atoms with Crippen molar-refractivity contribution in [3.05, 3.63) is 0 Å². The molecule has 1 N–H and O–H groups in total. The molecule has 0 amide bonds. The van der Waals surface area contributed by atoms with Gasteiger partial charge in [0.25, 0.3) is 0 Å². The maximum Gasteiger partial charge on any atom is 0.329 e. The Hall–Kier alpha value is -0.650. The molecule has 18 heavy (non-hydrogen) atoms. The monoisotopic (exact) mass is 256 g/mol. The summed E-state index contributed by atoms with van der Waals surface area (Å²) in [6.45, 7) is 10.3. The molecule has 2 saturated heterocycles. The van der Waals surface area contributed by atoms with Gasteiger partial charge in [-0.2, -0.15) is 0 Å². The summed E-state index contributed by atoms with van der Waals surface area (Å²) >= 11 is 0. The highest BCUT2D eigenvalue weighted by atomic mass is 16.5. The van der Waals surface area contributed by atoms with Crippen LogP contribution in [-0.2, 0) is 9.53 Å². The quantitative estimate of drug-likeness (QED) is 0.782. The van der Waals surface area contributed by atoms with Gasteiger partial charge in [-0.25, -0.2) is 4.79 Å². The number of aliphatic carboxylic acids is 1. The van der Waals surface area contributed by atoms with Crippen LogP contribution < -0.4 is 0 Å². The third-order valence-electron chi connectivity index (χ3n) is 4.06. The van der Waals surface area contributed by atoms with Gasteiger partial charge in [-0.15, -0.1) is 0 Å². The van der Waals surface area contributed by atoms with Crippen LogP contribution in [0.2, 0.25) is 0 Å². The molecule has 2 rings (SSSR count). The van der Waals surface area contributed by atoms with Crippen LogP contribution in [0.1, 0.15) is 27.2 Å². The molecule has 104 valence electrons. The summed E-state index contributed by atoms with van der Waals surface area (Å²) in [5.74, 6) is -0.887. The van der Waals surface area contributed by atoms with Crippen molar-refractivity contribution in [1.29, 1.82) is 0 Å². The second-order valence-electron chi connectivity index (χ2n) is 6.07. The molecular weight excluding hydrogens is 232 g/mol. The zero-order valence-corrected chi connectivity index (χ0v) is 11.6. The summed E-state index contributed by atoms with van der Waals surface area (Å²) in [5.41, 5.74) is -0.260. The Bertz CT molecular complexity index is 313. The SMILES string of the molecule is CC(C)N1CCC(N2CC(C)(OCC(=O)O)C2)C1. The molecule has 2 fully saturated rings. The molecule has 0 aromatic rings. The van der Waals surface area contributed by atoms with E-state index in [-0.39, 0.29) is 12.2 Å². The van der Waals surface area contributed by atoms with Crippen molar-refractivity contribution in [3.63, 3.8) is 0 Å². The number of carboxylic acid groups (broad SMARTS) is 1. The molecule has 5 nitrogen and oxygen atoms in total. The summed E-state index contributed by atoms with van der Waals surface area (Å²) < 4.78 is 5.44. The van der Waals surface area contributed by atoms with Gasteiger partial charge in [0.05, 0.1) is 5.60 Å². The number of nitrogens with zero attached hydrogens (tertiary/aromatic N) is 2. The van der Waals surface area contributed by atoms with Crippen LogP contribution in [0.5, 0.6) is 0 Å². The maximum atomic E-state index is 10.5. The third-order valence-corrected chi connectivity index (χ3v) is 4.06. The average Bonchev–Trinajstić information content (AvgIpc) is 2.71. The minimum absolute atomic E-state index is 0.187. The van der Waals surface area contributed by atoms with E-state index in [4.69, 9.17) is 9.84 Å². The fraction of sp³-hybridized carbons (Fsp3) is 0.923. The molecule has 1 atom stereocenters. The first kappa shape index (κ1) is 13.8. The Kier molecular flexibility index (Phi) is 3.94. The van der Waals surface area contributed by atoms with Crippen LogP contribution in [0, 0.1) is 0 Å². The highest BCUT2D eigenvalue weighted by molar-refractivity contribution is 5.68. The number of rotatable bonds is 5. The van der Waals surface area contributed by atoms with Crippen molar-refractivity contribution in [2.75, 3.05) is 32.8 Å². The van der Waals surface area contributed by atoms with Crippen molar-refractivity contribution < 1.29 is 14.6 Å². The second-order valence-corrected chi connectivity index (χ2v) is 6.07. The van der Waals surface area contributed by atoms with Gasteiger partial charge in [0, 0.05) is 38.3 Å². The number of carboxylic acids is 1. The van der Waals surface area contributed by atoms with Crippen LogP contribution in [-0.4, -0.2) is 71.3 Å². The zero-order chi connectivity index (χ0) is 13.3. The molecule has 2 heterocycles. The lowest BCUT2D eigenvalue weighted by Crippen LogP contribution is -2.65. The first-order chi connectivity index (χ1) is 8.39. The van der Waals surface area contributed by atoms with Crippen LogP contribution in [0.4, 0.5) is 0 Å². The van der Waals surface area contributed by atoms with E-state index in [9.17, 15) is 4.79 Å². The van der Waals surface area contributed by atoms with Crippen LogP contribution in [0.15, 0.2) is 0 Å². The summed E-state index contributed by atoms with van der Waals surface area (Å²) in [7, 11) is 0. The Balaban J connectivity index is 1.74. The van der Waals surface area contributed by atoms with Crippen LogP contribution >= 0.6 is 0 Å². The zero-order valence-electron chi connectivity index (χ0n) is 11.6. The summed E-state index contributed by atoms with van der Waals surface area (Å²) in [4.78, 5) is 15.4. The van der Waals surface area contributed by atoms with Gasteiger partial charge in [-0.3, -0.25) is 9.80 Å². The Labute approximate surface area is 109 Å².